The second-order valence-corrected chi connectivity index (χ2v) is 4.13. The second kappa shape index (κ2) is 5.89. The van der Waals surface area contributed by atoms with Crippen LogP contribution < -0.4 is 10.5 Å². The quantitative estimate of drug-likeness (QED) is 0.820. The number of nitrogens with zero attached hydrogens (tertiary/aromatic N) is 1. The van der Waals surface area contributed by atoms with Crippen molar-refractivity contribution in [2.24, 2.45) is 0 Å². The van der Waals surface area contributed by atoms with E-state index in [0.29, 0.717) is 17.0 Å². The lowest BCUT2D eigenvalue weighted by molar-refractivity contribution is 0.108. The highest BCUT2D eigenvalue weighted by atomic mass is 16.5. The number of anilines is 1. The molecule has 0 aromatic heterocycles. The molecule has 3 N–H and O–H groups in total. The van der Waals surface area contributed by atoms with Crippen LogP contribution in [0.5, 0.6) is 5.75 Å². The van der Waals surface area contributed by atoms with Crippen LogP contribution in [0.25, 0.3) is 0 Å². The van der Waals surface area contributed by atoms with Crippen molar-refractivity contribution in [3.8, 4) is 11.8 Å². The molecule has 96 valence electrons. The highest BCUT2D eigenvalue weighted by Gasteiger charge is 2.08. The third-order valence-electron chi connectivity index (χ3n) is 2.71. The Balaban J connectivity index is 1.94. The Morgan fingerprint density at radius 1 is 1.11 bits per heavy atom. The minimum Gasteiger partial charge on any atom is -0.491 e. The molecule has 2 aromatic carbocycles. The van der Waals surface area contributed by atoms with E-state index in [9.17, 15) is 5.11 Å². The Bertz CT molecular complexity index is 571. The first-order valence-electron chi connectivity index (χ1n) is 5.85. The fraction of sp³-hybridized carbons (Fsp3) is 0.133. The predicted octanol–water partition coefficient (Wildman–Crippen LogP) is 2.25. The maximum Gasteiger partial charge on any atom is 0.119 e. The van der Waals surface area contributed by atoms with E-state index < -0.39 is 6.10 Å². The number of benzene rings is 2. The predicted molar refractivity (Wildman–Crippen MR) is 72.5 cm³/mol. The summed E-state index contributed by atoms with van der Waals surface area (Å²) in [4.78, 5) is 0. The molecule has 0 saturated heterocycles. The lowest BCUT2D eigenvalue weighted by Gasteiger charge is -2.12. The Morgan fingerprint density at radius 3 is 2.32 bits per heavy atom. The van der Waals surface area contributed by atoms with Gasteiger partial charge in [-0.15, -0.1) is 0 Å². The van der Waals surface area contributed by atoms with Crippen molar-refractivity contribution < 1.29 is 9.84 Å². The summed E-state index contributed by atoms with van der Waals surface area (Å²) in [5, 5.41) is 18.6. The van der Waals surface area contributed by atoms with E-state index in [1.165, 1.54) is 0 Å². The van der Waals surface area contributed by atoms with Crippen LogP contribution in [0.15, 0.2) is 48.5 Å². The van der Waals surface area contributed by atoms with E-state index in [1.807, 2.05) is 6.07 Å². The molecule has 0 aliphatic rings. The van der Waals surface area contributed by atoms with Gasteiger partial charge >= 0.3 is 0 Å². The zero-order valence-electron chi connectivity index (χ0n) is 10.3. The van der Waals surface area contributed by atoms with Crippen molar-refractivity contribution in [2.75, 3.05) is 12.3 Å². The zero-order valence-corrected chi connectivity index (χ0v) is 10.3. The van der Waals surface area contributed by atoms with Gasteiger partial charge in [-0.25, -0.2) is 0 Å². The van der Waals surface area contributed by atoms with Crippen LogP contribution in [0.3, 0.4) is 0 Å². The van der Waals surface area contributed by atoms with Crippen LogP contribution in [0, 0.1) is 11.3 Å². The van der Waals surface area contributed by atoms with Gasteiger partial charge in [0.1, 0.15) is 18.5 Å². The number of nitrogens with two attached hydrogens (primary N) is 1. The smallest absolute Gasteiger partial charge is 0.119 e. The van der Waals surface area contributed by atoms with Gasteiger partial charge in [-0.1, -0.05) is 12.1 Å². The highest BCUT2D eigenvalue weighted by molar-refractivity contribution is 5.40. The summed E-state index contributed by atoms with van der Waals surface area (Å²) in [7, 11) is 0. The summed E-state index contributed by atoms with van der Waals surface area (Å²) < 4.78 is 5.46. The summed E-state index contributed by atoms with van der Waals surface area (Å²) in [5.74, 6) is 0.619. The monoisotopic (exact) mass is 254 g/mol. The fourth-order valence-corrected chi connectivity index (χ4v) is 1.62. The van der Waals surface area contributed by atoms with Gasteiger partial charge in [0.2, 0.25) is 0 Å². The van der Waals surface area contributed by atoms with Crippen LogP contribution in [-0.4, -0.2) is 11.7 Å². The summed E-state index contributed by atoms with van der Waals surface area (Å²) >= 11 is 0. The molecule has 0 saturated carbocycles. The molecule has 0 fully saturated rings. The molecule has 2 rings (SSSR count). The second-order valence-electron chi connectivity index (χ2n) is 4.13. The Kier molecular flexibility index (Phi) is 4.01. The lowest BCUT2D eigenvalue weighted by atomic mass is 10.1. The third kappa shape index (κ3) is 3.47. The fourth-order valence-electron chi connectivity index (χ4n) is 1.62. The summed E-state index contributed by atoms with van der Waals surface area (Å²) in [6.45, 7) is 0.149. The molecule has 4 heteroatoms. The Morgan fingerprint density at radius 2 is 1.74 bits per heavy atom. The topological polar surface area (TPSA) is 79.3 Å². The molecule has 0 aliphatic heterocycles. The molecule has 0 spiro atoms. The van der Waals surface area contributed by atoms with E-state index >= 15 is 0 Å². The van der Waals surface area contributed by atoms with Crippen molar-refractivity contribution in [1.29, 1.82) is 5.26 Å². The molecule has 0 bridgehead atoms. The van der Waals surface area contributed by atoms with Crippen molar-refractivity contribution >= 4 is 5.69 Å². The van der Waals surface area contributed by atoms with Gasteiger partial charge in [0.05, 0.1) is 11.6 Å². The van der Waals surface area contributed by atoms with Gasteiger partial charge in [-0.2, -0.15) is 5.26 Å². The molecule has 0 aliphatic carbocycles. The van der Waals surface area contributed by atoms with Gasteiger partial charge < -0.3 is 15.6 Å². The van der Waals surface area contributed by atoms with E-state index in [1.54, 1.807) is 48.5 Å². The van der Waals surface area contributed by atoms with E-state index in [-0.39, 0.29) is 6.61 Å². The van der Waals surface area contributed by atoms with Gasteiger partial charge in [-0.05, 0) is 42.0 Å². The first-order valence-corrected chi connectivity index (χ1v) is 5.85. The van der Waals surface area contributed by atoms with Crippen molar-refractivity contribution in [1.82, 2.24) is 0 Å². The van der Waals surface area contributed by atoms with Gasteiger partial charge in [0, 0.05) is 5.69 Å². The van der Waals surface area contributed by atoms with Gasteiger partial charge in [-0.3, -0.25) is 0 Å². The van der Waals surface area contributed by atoms with Crippen molar-refractivity contribution in [3.63, 3.8) is 0 Å². The van der Waals surface area contributed by atoms with Crippen LogP contribution >= 0.6 is 0 Å². The molecule has 4 nitrogen and oxygen atoms in total. The number of nitriles is 1. The van der Waals surface area contributed by atoms with Crippen LogP contribution in [0.2, 0.25) is 0 Å². The molecule has 0 heterocycles. The highest BCUT2D eigenvalue weighted by Crippen LogP contribution is 2.18. The first-order chi connectivity index (χ1) is 9.19. The largest absolute Gasteiger partial charge is 0.491 e. The Hall–Kier alpha value is -2.51. The van der Waals surface area contributed by atoms with Gasteiger partial charge in [0.15, 0.2) is 0 Å². The average molecular weight is 254 g/mol. The van der Waals surface area contributed by atoms with Crippen molar-refractivity contribution in [3.05, 3.63) is 59.7 Å². The number of nitrogen functional groups attached to an aromatic ring is 1. The number of aliphatic hydroxyl groups excluding tert-OH is 1. The van der Waals surface area contributed by atoms with E-state index in [0.717, 1.165) is 5.56 Å². The number of aliphatic hydroxyl groups is 1. The summed E-state index contributed by atoms with van der Waals surface area (Å²) in [6.07, 6.45) is -0.712. The number of hydrogen-bond acceptors (Lipinski definition) is 4. The average Bonchev–Trinajstić information content (AvgIpc) is 2.46. The lowest BCUT2D eigenvalue weighted by Crippen LogP contribution is -2.09. The van der Waals surface area contributed by atoms with E-state index in [2.05, 4.69) is 0 Å². The standard InChI is InChI=1S/C15H14N2O2/c16-9-11-1-7-14(8-2-11)19-10-15(18)12-3-5-13(17)6-4-12/h1-8,15,18H,10,17H2. The number of ether oxygens (including phenoxy) is 1. The number of hydrogen-bond donors (Lipinski definition) is 2. The SMILES string of the molecule is N#Cc1ccc(OCC(O)c2ccc(N)cc2)cc1. The molecule has 2 aromatic rings. The molecule has 1 atom stereocenters. The van der Waals surface area contributed by atoms with Crippen LogP contribution in [-0.2, 0) is 0 Å². The molecule has 0 radical (unpaired) electrons. The molecule has 0 amide bonds. The first kappa shape index (κ1) is 12.9. The molecule has 19 heavy (non-hydrogen) atoms. The summed E-state index contributed by atoms with van der Waals surface area (Å²) in [6, 6.07) is 15.8. The summed E-state index contributed by atoms with van der Waals surface area (Å²) in [5.41, 5.74) is 7.56. The van der Waals surface area contributed by atoms with Crippen LogP contribution in [0.4, 0.5) is 5.69 Å². The zero-order chi connectivity index (χ0) is 13.7. The van der Waals surface area contributed by atoms with Crippen molar-refractivity contribution in [2.45, 2.75) is 6.10 Å². The molecular formula is C15H14N2O2. The molecule has 1 unspecified atom stereocenters. The van der Waals surface area contributed by atoms with Crippen LogP contribution in [0.1, 0.15) is 17.2 Å². The van der Waals surface area contributed by atoms with E-state index in [4.69, 9.17) is 15.7 Å². The number of rotatable bonds is 4. The minimum atomic E-state index is -0.712. The normalized spacial score (nSPS) is 11.6. The minimum absolute atomic E-state index is 0.149. The Labute approximate surface area is 111 Å². The molecular weight excluding hydrogens is 240 g/mol. The van der Waals surface area contributed by atoms with Gasteiger partial charge in [0.25, 0.3) is 0 Å². The maximum absolute atomic E-state index is 9.96. The maximum atomic E-state index is 9.96. The third-order valence-corrected chi connectivity index (χ3v) is 2.71.